The molecule has 2 heterocycles. The SMILES string of the molecule is Cc1cc(C(=O)NC(C)c2ccc(OCC(F)(F)F)nc2)nc(NCC(F)(F)F)n1. The van der Waals surface area contributed by atoms with Gasteiger partial charge in [-0.15, -0.1) is 0 Å². The first-order valence-electron chi connectivity index (χ1n) is 8.45. The first-order valence-corrected chi connectivity index (χ1v) is 8.45. The highest BCUT2D eigenvalue weighted by Crippen LogP contribution is 2.19. The van der Waals surface area contributed by atoms with Crippen LogP contribution in [0.4, 0.5) is 32.3 Å². The van der Waals surface area contributed by atoms with E-state index in [4.69, 9.17) is 0 Å². The molecule has 0 radical (unpaired) electrons. The number of carbonyl (C=O) groups excluding carboxylic acids is 1. The van der Waals surface area contributed by atoms with Crippen molar-refractivity contribution >= 4 is 11.9 Å². The lowest BCUT2D eigenvalue weighted by molar-refractivity contribution is -0.154. The molecule has 1 atom stereocenters. The van der Waals surface area contributed by atoms with Gasteiger partial charge in [-0.25, -0.2) is 15.0 Å². The Hall–Kier alpha value is -3.12. The van der Waals surface area contributed by atoms with Crippen molar-refractivity contribution in [2.75, 3.05) is 18.5 Å². The summed E-state index contributed by atoms with van der Waals surface area (Å²) in [6, 6.07) is 3.32. The van der Waals surface area contributed by atoms with E-state index < -0.39 is 37.5 Å². The summed E-state index contributed by atoms with van der Waals surface area (Å²) in [7, 11) is 0. The van der Waals surface area contributed by atoms with Crippen molar-refractivity contribution < 1.29 is 35.9 Å². The van der Waals surface area contributed by atoms with E-state index in [0.717, 1.165) is 0 Å². The van der Waals surface area contributed by atoms with E-state index in [2.05, 4.69) is 25.0 Å². The van der Waals surface area contributed by atoms with Crippen LogP contribution in [0.15, 0.2) is 24.4 Å². The van der Waals surface area contributed by atoms with Gasteiger partial charge in [0.15, 0.2) is 6.61 Å². The van der Waals surface area contributed by atoms with Gasteiger partial charge in [0.1, 0.15) is 12.2 Å². The summed E-state index contributed by atoms with van der Waals surface area (Å²) in [5.74, 6) is -1.26. The van der Waals surface area contributed by atoms with Gasteiger partial charge < -0.3 is 15.4 Å². The first-order chi connectivity index (χ1) is 13.8. The second kappa shape index (κ2) is 9.13. The van der Waals surface area contributed by atoms with E-state index in [1.807, 2.05) is 5.32 Å². The van der Waals surface area contributed by atoms with Crippen molar-refractivity contribution in [2.24, 2.45) is 0 Å². The highest BCUT2D eigenvalue weighted by Gasteiger charge is 2.29. The number of amides is 1. The number of carbonyl (C=O) groups is 1. The zero-order chi connectivity index (χ0) is 22.5. The molecular weight excluding hydrogens is 420 g/mol. The maximum Gasteiger partial charge on any atom is 0.422 e. The van der Waals surface area contributed by atoms with Gasteiger partial charge in [0.05, 0.1) is 6.04 Å². The van der Waals surface area contributed by atoms with Crippen LogP contribution in [0.2, 0.25) is 0 Å². The predicted molar refractivity (Wildman–Crippen MR) is 93.0 cm³/mol. The van der Waals surface area contributed by atoms with Crippen LogP contribution in [-0.4, -0.2) is 46.4 Å². The second-order valence-electron chi connectivity index (χ2n) is 6.22. The molecule has 0 fully saturated rings. The fourth-order valence-electron chi connectivity index (χ4n) is 2.19. The average molecular weight is 437 g/mol. The predicted octanol–water partition coefficient (Wildman–Crippen LogP) is 3.59. The number of anilines is 1. The third-order valence-corrected chi connectivity index (χ3v) is 3.52. The second-order valence-corrected chi connectivity index (χ2v) is 6.22. The van der Waals surface area contributed by atoms with Crippen molar-refractivity contribution in [3.8, 4) is 5.88 Å². The van der Waals surface area contributed by atoms with Crippen molar-refractivity contribution in [1.82, 2.24) is 20.3 Å². The van der Waals surface area contributed by atoms with E-state index in [1.165, 1.54) is 31.3 Å². The van der Waals surface area contributed by atoms with Crippen LogP contribution in [0.25, 0.3) is 0 Å². The van der Waals surface area contributed by atoms with Gasteiger partial charge in [-0.05, 0) is 25.5 Å². The molecule has 0 aliphatic rings. The largest absolute Gasteiger partial charge is 0.468 e. The van der Waals surface area contributed by atoms with Gasteiger partial charge in [0, 0.05) is 18.0 Å². The first kappa shape index (κ1) is 23.2. The summed E-state index contributed by atoms with van der Waals surface area (Å²) in [5.41, 5.74) is 0.585. The Bertz CT molecular complexity index is 870. The third kappa shape index (κ3) is 7.72. The molecule has 0 aliphatic carbocycles. The van der Waals surface area contributed by atoms with Crippen LogP contribution in [-0.2, 0) is 0 Å². The number of aromatic nitrogens is 3. The Kier molecular flexibility index (Phi) is 7.05. The summed E-state index contributed by atoms with van der Waals surface area (Å²) >= 11 is 0. The highest BCUT2D eigenvalue weighted by molar-refractivity contribution is 5.92. The standard InChI is InChI=1S/C17H17F6N5O2/c1-9-5-12(28-15(26-9)25-7-16(18,19)20)14(29)27-10(2)11-3-4-13(24-6-11)30-8-17(21,22)23/h3-6,10H,7-8H2,1-2H3,(H,27,29)(H,25,26,28). The van der Waals surface area contributed by atoms with E-state index >= 15 is 0 Å². The van der Waals surface area contributed by atoms with Crippen LogP contribution in [0.5, 0.6) is 5.88 Å². The lowest BCUT2D eigenvalue weighted by Gasteiger charge is -2.15. The van der Waals surface area contributed by atoms with E-state index in [-0.39, 0.29) is 23.2 Å². The topological polar surface area (TPSA) is 89.0 Å². The van der Waals surface area contributed by atoms with Gasteiger partial charge in [0.2, 0.25) is 11.8 Å². The van der Waals surface area contributed by atoms with Crippen LogP contribution in [0, 0.1) is 6.92 Å². The Balaban J connectivity index is 2.02. The average Bonchev–Trinajstić information content (AvgIpc) is 2.63. The molecule has 0 aliphatic heterocycles. The number of hydrogen-bond donors (Lipinski definition) is 2. The Morgan fingerprint density at radius 1 is 1.13 bits per heavy atom. The molecule has 0 bridgehead atoms. The van der Waals surface area contributed by atoms with E-state index in [0.29, 0.717) is 5.56 Å². The Labute approximate surface area is 166 Å². The molecule has 7 nitrogen and oxygen atoms in total. The van der Waals surface area contributed by atoms with Crippen LogP contribution >= 0.6 is 0 Å². The fourth-order valence-corrected chi connectivity index (χ4v) is 2.19. The zero-order valence-corrected chi connectivity index (χ0v) is 15.7. The number of hydrogen-bond acceptors (Lipinski definition) is 6. The van der Waals surface area contributed by atoms with Crippen LogP contribution in [0.3, 0.4) is 0 Å². The molecule has 0 spiro atoms. The maximum atomic E-state index is 12.4. The number of pyridine rings is 1. The normalized spacial score (nSPS) is 12.9. The van der Waals surface area contributed by atoms with Crippen LogP contribution < -0.4 is 15.4 Å². The number of nitrogens with one attached hydrogen (secondary N) is 2. The minimum Gasteiger partial charge on any atom is -0.468 e. The van der Waals surface area contributed by atoms with Crippen molar-refractivity contribution in [3.05, 3.63) is 41.3 Å². The van der Waals surface area contributed by atoms with Crippen molar-refractivity contribution in [3.63, 3.8) is 0 Å². The monoisotopic (exact) mass is 437 g/mol. The van der Waals surface area contributed by atoms with Gasteiger partial charge in [-0.3, -0.25) is 4.79 Å². The van der Waals surface area contributed by atoms with Gasteiger partial charge >= 0.3 is 12.4 Å². The molecule has 0 aromatic carbocycles. The molecule has 2 aromatic heterocycles. The Morgan fingerprint density at radius 3 is 2.40 bits per heavy atom. The number of ether oxygens (including phenoxy) is 1. The summed E-state index contributed by atoms with van der Waals surface area (Å²) in [5, 5.41) is 4.58. The van der Waals surface area contributed by atoms with Crippen molar-refractivity contribution in [1.29, 1.82) is 0 Å². The molecule has 13 heteroatoms. The summed E-state index contributed by atoms with van der Waals surface area (Å²) in [6.07, 6.45) is -7.74. The highest BCUT2D eigenvalue weighted by atomic mass is 19.4. The molecule has 2 rings (SSSR count). The summed E-state index contributed by atoms with van der Waals surface area (Å²) in [4.78, 5) is 23.7. The summed E-state index contributed by atoms with van der Waals surface area (Å²) < 4.78 is 77.9. The smallest absolute Gasteiger partial charge is 0.422 e. The molecule has 2 aromatic rings. The third-order valence-electron chi connectivity index (χ3n) is 3.52. The molecule has 1 unspecified atom stereocenters. The molecule has 1 amide bonds. The number of aryl methyl sites for hydroxylation is 1. The Morgan fingerprint density at radius 2 is 1.83 bits per heavy atom. The van der Waals surface area contributed by atoms with Gasteiger partial charge in [-0.2, -0.15) is 26.3 Å². The number of nitrogens with zero attached hydrogens (tertiary/aromatic N) is 3. The lowest BCUT2D eigenvalue weighted by atomic mass is 10.1. The zero-order valence-electron chi connectivity index (χ0n) is 15.7. The molecule has 2 N–H and O–H groups in total. The molecule has 0 saturated heterocycles. The molecular formula is C17H17F6N5O2. The van der Waals surface area contributed by atoms with Crippen LogP contribution in [0.1, 0.15) is 34.7 Å². The number of rotatable bonds is 7. The van der Waals surface area contributed by atoms with Gasteiger partial charge in [0.25, 0.3) is 5.91 Å². The molecule has 164 valence electrons. The van der Waals surface area contributed by atoms with Gasteiger partial charge in [-0.1, -0.05) is 6.07 Å². The quantitative estimate of drug-likeness (QED) is 0.644. The van der Waals surface area contributed by atoms with E-state index in [1.54, 1.807) is 6.92 Å². The summed E-state index contributed by atoms with van der Waals surface area (Å²) in [6.45, 7) is 0.234. The van der Waals surface area contributed by atoms with E-state index in [9.17, 15) is 31.1 Å². The number of alkyl halides is 6. The molecule has 0 saturated carbocycles. The number of halogens is 6. The van der Waals surface area contributed by atoms with Crippen molar-refractivity contribution in [2.45, 2.75) is 32.2 Å². The fraction of sp³-hybridized carbons (Fsp3) is 0.412. The lowest BCUT2D eigenvalue weighted by Crippen LogP contribution is -2.28. The minimum atomic E-state index is -4.49. The minimum absolute atomic E-state index is 0.155. The molecule has 30 heavy (non-hydrogen) atoms. The maximum absolute atomic E-state index is 12.4.